The molecular weight excluding hydrogens is 274 g/mol. The summed E-state index contributed by atoms with van der Waals surface area (Å²) in [4.78, 5) is 25.5. The van der Waals surface area contributed by atoms with E-state index in [0.717, 1.165) is 6.42 Å². The number of hydrogen-bond donors (Lipinski definition) is 0. The zero-order valence-corrected chi connectivity index (χ0v) is 12.8. The van der Waals surface area contributed by atoms with Gasteiger partial charge in [0.05, 0.1) is 26.9 Å². The summed E-state index contributed by atoms with van der Waals surface area (Å²) in [6, 6.07) is 5.06. The maximum Gasteiger partial charge on any atom is 0.325 e. The van der Waals surface area contributed by atoms with Crippen LogP contribution in [0.2, 0.25) is 0 Å². The standard InChI is InChI=1S/C15H21NO5/c1-5-9-16(10-13(17)20-3)15(18)11-7-6-8-12(19-2)14(11)21-4/h6-8H,5,9-10H2,1-4H3. The second kappa shape index (κ2) is 8.14. The molecule has 6 nitrogen and oxygen atoms in total. The number of methoxy groups -OCH3 is 3. The minimum Gasteiger partial charge on any atom is -0.493 e. The minimum atomic E-state index is -0.460. The highest BCUT2D eigenvalue weighted by molar-refractivity contribution is 5.99. The van der Waals surface area contributed by atoms with Gasteiger partial charge in [-0.2, -0.15) is 0 Å². The van der Waals surface area contributed by atoms with Crippen molar-refractivity contribution >= 4 is 11.9 Å². The molecule has 0 heterocycles. The molecule has 0 saturated carbocycles. The summed E-state index contributed by atoms with van der Waals surface area (Å²) < 4.78 is 15.1. The molecule has 0 aromatic heterocycles. The normalized spacial score (nSPS) is 9.90. The Balaban J connectivity index is 3.11. The number of benzene rings is 1. The van der Waals surface area contributed by atoms with E-state index in [9.17, 15) is 9.59 Å². The highest BCUT2D eigenvalue weighted by Crippen LogP contribution is 2.31. The van der Waals surface area contributed by atoms with Gasteiger partial charge in [-0.15, -0.1) is 0 Å². The quantitative estimate of drug-likeness (QED) is 0.717. The van der Waals surface area contributed by atoms with Crippen molar-refractivity contribution < 1.29 is 23.8 Å². The van der Waals surface area contributed by atoms with Crippen molar-refractivity contribution in [1.82, 2.24) is 4.90 Å². The molecule has 0 aliphatic rings. The monoisotopic (exact) mass is 295 g/mol. The van der Waals surface area contributed by atoms with E-state index in [0.29, 0.717) is 23.6 Å². The number of rotatable bonds is 7. The fourth-order valence-corrected chi connectivity index (χ4v) is 1.97. The Morgan fingerprint density at radius 3 is 2.38 bits per heavy atom. The molecule has 0 atom stereocenters. The Bertz CT molecular complexity index is 501. The number of para-hydroxylation sites is 1. The van der Waals surface area contributed by atoms with Crippen LogP contribution in [0.25, 0.3) is 0 Å². The van der Waals surface area contributed by atoms with Crippen LogP contribution in [-0.4, -0.2) is 51.2 Å². The molecule has 0 unspecified atom stereocenters. The van der Waals surface area contributed by atoms with Crippen LogP contribution in [-0.2, 0) is 9.53 Å². The Labute approximate surface area is 124 Å². The first-order valence-electron chi connectivity index (χ1n) is 6.66. The molecule has 1 aromatic rings. The molecule has 0 fully saturated rings. The summed E-state index contributed by atoms with van der Waals surface area (Å²) in [5.74, 6) is 0.0745. The fourth-order valence-electron chi connectivity index (χ4n) is 1.97. The predicted octanol–water partition coefficient (Wildman–Crippen LogP) is 1.73. The Morgan fingerprint density at radius 1 is 1.14 bits per heavy atom. The molecule has 6 heteroatoms. The van der Waals surface area contributed by atoms with Crippen LogP contribution in [0.1, 0.15) is 23.7 Å². The lowest BCUT2D eigenvalue weighted by Crippen LogP contribution is -2.37. The zero-order valence-electron chi connectivity index (χ0n) is 12.8. The molecule has 116 valence electrons. The van der Waals surface area contributed by atoms with E-state index in [1.165, 1.54) is 26.2 Å². The van der Waals surface area contributed by atoms with E-state index in [4.69, 9.17) is 9.47 Å². The summed E-state index contributed by atoms with van der Waals surface area (Å²) in [5.41, 5.74) is 0.356. The Morgan fingerprint density at radius 2 is 1.86 bits per heavy atom. The molecule has 0 bridgehead atoms. The summed E-state index contributed by atoms with van der Waals surface area (Å²) in [6.45, 7) is 2.29. The van der Waals surface area contributed by atoms with Crippen LogP contribution < -0.4 is 9.47 Å². The van der Waals surface area contributed by atoms with Crippen molar-refractivity contribution in [1.29, 1.82) is 0 Å². The van der Waals surface area contributed by atoms with Gasteiger partial charge in [-0.25, -0.2) is 0 Å². The molecule has 1 rings (SSSR count). The van der Waals surface area contributed by atoms with Gasteiger partial charge < -0.3 is 19.1 Å². The first-order valence-corrected chi connectivity index (χ1v) is 6.66. The first kappa shape index (κ1) is 16.8. The van der Waals surface area contributed by atoms with E-state index >= 15 is 0 Å². The van der Waals surface area contributed by atoms with Gasteiger partial charge in [0.1, 0.15) is 6.54 Å². The average molecular weight is 295 g/mol. The van der Waals surface area contributed by atoms with Crippen LogP contribution in [0.5, 0.6) is 11.5 Å². The van der Waals surface area contributed by atoms with E-state index in [1.807, 2.05) is 6.92 Å². The predicted molar refractivity (Wildman–Crippen MR) is 77.8 cm³/mol. The average Bonchev–Trinajstić information content (AvgIpc) is 2.52. The SMILES string of the molecule is CCCN(CC(=O)OC)C(=O)c1cccc(OC)c1OC. The van der Waals surface area contributed by atoms with Crippen LogP contribution in [0.4, 0.5) is 0 Å². The van der Waals surface area contributed by atoms with E-state index in [1.54, 1.807) is 18.2 Å². The van der Waals surface area contributed by atoms with Gasteiger partial charge >= 0.3 is 5.97 Å². The maximum atomic E-state index is 12.6. The van der Waals surface area contributed by atoms with Crippen LogP contribution >= 0.6 is 0 Å². The molecular formula is C15H21NO5. The number of esters is 1. The molecule has 0 aliphatic carbocycles. The molecule has 0 N–H and O–H groups in total. The largest absolute Gasteiger partial charge is 0.493 e. The number of nitrogens with zero attached hydrogens (tertiary/aromatic N) is 1. The van der Waals surface area contributed by atoms with Gasteiger partial charge in [-0.1, -0.05) is 13.0 Å². The highest BCUT2D eigenvalue weighted by atomic mass is 16.5. The molecule has 21 heavy (non-hydrogen) atoms. The number of ether oxygens (including phenoxy) is 3. The van der Waals surface area contributed by atoms with Crippen molar-refractivity contribution in [3.05, 3.63) is 23.8 Å². The third-order valence-corrected chi connectivity index (χ3v) is 2.96. The van der Waals surface area contributed by atoms with E-state index in [-0.39, 0.29) is 12.5 Å². The number of carbonyl (C=O) groups excluding carboxylic acids is 2. The van der Waals surface area contributed by atoms with Crippen LogP contribution in [0.3, 0.4) is 0 Å². The minimum absolute atomic E-state index is 0.0937. The zero-order chi connectivity index (χ0) is 15.8. The Hall–Kier alpha value is -2.24. The van der Waals surface area contributed by atoms with Gasteiger partial charge in [0.2, 0.25) is 0 Å². The molecule has 0 radical (unpaired) electrons. The van der Waals surface area contributed by atoms with Crippen molar-refractivity contribution in [2.24, 2.45) is 0 Å². The molecule has 1 amide bonds. The first-order chi connectivity index (χ1) is 10.1. The van der Waals surface area contributed by atoms with Gasteiger partial charge in [0.25, 0.3) is 5.91 Å². The van der Waals surface area contributed by atoms with Gasteiger partial charge in [0, 0.05) is 6.54 Å². The lowest BCUT2D eigenvalue weighted by atomic mass is 10.1. The lowest BCUT2D eigenvalue weighted by Gasteiger charge is -2.22. The second-order valence-corrected chi connectivity index (χ2v) is 4.34. The second-order valence-electron chi connectivity index (χ2n) is 4.34. The lowest BCUT2D eigenvalue weighted by molar-refractivity contribution is -0.141. The maximum absolute atomic E-state index is 12.6. The summed E-state index contributed by atoms with van der Waals surface area (Å²) in [6.07, 6.45) is 0.731. The van der Waals surface area contributed by atoms with Gasteiger partial charge in [-0.3, -0.25) is 9.59 Å². The number of hydrogen-bond acceptors (Lipinski definition) is 5. The Kier molecular flexibility index (Phi) is 6.52. The summed E-state index contributed by atoms with van der Waals surface area (Å²) in [5, 5.41) is 0. The smallest absolute Gasteiger partial charge is 0.325 e. The van der Waals surface area contributed by atoms with Crippen molar-refractivity contribution in [2.75, 3.05) is 34.4 Å². The molecule has 0 saturated heterocycles. The van der Waals surface area contributed by atoms with Crippen LogP contribution in [0.15, 0.2) is 18.2 Å². The van der Waals surface area contributed by atoms with Crippen molar-refractivity contribution in [3.8, 4) is 11.5 Å². The highest BCUT2D eigenvalue weighted by Gasteiger charge is 2.23. The molecule has 0 spiro atoms. The molecule has 0 aliphatic heterocycles. The van der Waals surface area contributed by atoms with E-state index in [2.05, 4.69) is 4.74 Å². The van der Waals surface area contributed by atoms with Gasteiger partial charge in [-0.05, 0) is 18.6 Å². The number of amides is 1. The topological polar surface area (TPSA) is 65.1 Å². The van der Waals surface area contributed by atoms with Gasteiger partial charge in [0.15, 0.2) is 11.5 Å². The number of carbonyl (C=O) groups is 2. The van der Waals surface area contributed by atoms with Crippen molar-refractivity contribution in [3.63, 3.8) is 0 Å². The third kappa shape index (κ3) is 4.11. The molecule has 1 aromatic carbocycles. The van der Waals surface area contributed by atoms with Crippen molar-refractivity contribution in [2.45, 2.75) is 13.3 Å². The summed E-state index contributed by atoms with van der Waals surface area (Å²) >= 11 is 0. The van der Waals surface area contributed by atoms with Crippen LogP contribution in [0, 0.1) is 0 Å². The fraction of sp³-hybridized carbons (Fsp3) is 0.467. The third-order valence-electron chi connectivity index (χ3n) is 2.96. The summed E-state index contributed by atoms with van der Waals surface area (Å²) in [7, 11) is 4.27. The van der Waals surface area contributed by atoms with E-state index < -0.39 is 5.97 Å².